The lowest BCUT2D eigenvalue weighted by molar-refractivity contribution is -0.122. The molecular weight excluding hydrogens is 288 g/mol. The van der Waals surface area contributed by atoms with Gasteiger partial charge in [-0.15, -0.1) is 0 Å². The molecule has 0 saturated heterocycles. The van der Waals surface area contributed by atoms with E-state index in [1.807, 2.05) is 72.3 Å². The highest BCUT2D eigenvalue weighted by atomic mass is 16.5. The van der Waals surface area contributed by atoms with Gasteiger partial charge in [0.1, 0.15) is 12.3 Å². The summed E-state index contributed by atoms with van der Waals surface area (Å²) in [4.78, 5) is 12.4. The Bertz CT molecular complexity index is 809. The fraction of sp³-hybridized carbons (Fsp3) is 0.211. The molecule has 0 bridgehead atoms. The Labute approximate surface area is 135 Å². The third kappa shape index (κ3) is 3.21. The number of methoxy groups -OCH3 is 1. The van der Waals surface area contributed by atoms with Gasteiger partial charge in [-0.25, -0.2) is 0 Å². The molecule has 23 heavy (non-hydrogen) atoms. The van der Waals surface area contributed by atoms with Crippen molar-refractivity contribution in [1.29, 1.82) is 0 Å². The van der Waals surface area contributed by atoms with Crippen LogP contribution in [0.5, 0.6) is 5.75 Å². The number of carbonyl (C=O) groups excluding carboxylic acids is 1. The topological polar surface area (TPSA) is 43.3 Å². The Balaban J connectivity index is 1.76. The van der Waals surface area contributed by atoms with Crippen LogP contribution in [0, 0.1) is 0 Å². The van der Waals surface area contributed by atoms with Crippen LogP contribution in [0.2, 0.25) is 0 Å². The zero-order valence-electron chi connectivity index (χ0n) is 13.3. The highest BCUT2D eigenvalue weighted by molar-refractivity contribution is 5.88. The van der Waals surface area contributed by atoms with E-state index >= 15 is 0 Å². The minimum Gasteiger partial charge on any atom is -0.495 e. The molecule has 0 aliphatic rings. The van der Waals surface area contributed by atoms with E-state index in [1.165, 1.54) is 0 Å². The number of ether oxygens (including phenoxy) is 1. The van der Waals surface area contributed by atoms with Gasteiger partial charge in [-0.2, -0.15) is 0 Å². The van der Waals surface area contributed by atoms with E-state index in [4.69, 9.17) is 4.74 Å². The number of hydrogen-bond acceptors (Lipinski definition) is 2. The minimum absolute atomic E-state index is 0.0209. The molecule has 1 heterocycles. The van der Waals surface area contributed by atoms with Crippen LogP contribution in [0.1, 0.15) is 18.5 Å². The molecule has 0 fully saturated rings. The van der Waals surface area contributed by atoms with Crippen molar-refractivity contribution in [3.63, 3.8) is 0 Å². The second-order valence-corrected chi connectivity index (χ2v) is 5.54. The quantitative estimate of drug-likeness (QED) is 0.783. The van der Waals surface area contributed by atoms with Gasteiger partial charge in [-0.1, -0.05) is 42.5 Å². The first-order chi connectivity index (χ1) is 11.2. The molecule has 1 N–H and O–H groups in total. The summed E-state index contributed by atoms with van der Waals surface area (Å²) < 4.78 is 7.32. The Morgan fingerprint density at radius 3 is 2.65 bits per heavy atom. The van der Waals surface area contributed by atoms with Crippen LogP contribution < -0.4 is 10.1 Å². The Kier molecular flexibility index (Phi) is 4.33. The third-order valence-corrected chi connectivity index (χ3v) is 3.96. The molecule has 3 rings (SSSR count). The maximum atomic E-state index is 12.4. The number of hydrogen-bond donors (Lipinski definition) is 1. The summed E-state index contributed by atoms with van der Waals surface area (Å²) >= 11 is 0. The van der Waals surface area contributed by atoms with Gasteiger partial charge >= 0.3 is 0 Å². The van der Waals surface area contributed by atoms with Crippen molar-refractivity contribution in [1.82, 2.24) is 9.88 Å². The highest BCUT2D eigenvalue weighted by Gasteiger charge is 2.12. The van der Waals surface area contributed by atoms with Gasteiger partial charge in [-0.05, 0) is 24.6 Å². The van der Waals surface area contributed by atoms with Crippen LogP contribution in [0.25, 0.3) is 10.9 Å². The lowest BCUT2D eigenvalue weighted by Crippen LogP contribution is -2.29. The van der Waals surface area contributed by atoms with Crippen LogP contribution in [-0.2, 0) is 11.3 Å². The average molecular weight is 308 g/mol. The van der Waals surface area contributed by atoms with Crippen LogP contribution in [-0.4, -0.2) is 17.6 Å². The third-order valence-electron chi connectivity index (χ3n) is 3.96. The van der Waals surface area contributed by atoms with Gasteiger partial charge in [0.25, 0.3) is 0 Å². The lowest BCUT2D eigenvalue weighted by Gasteiger charge is -2.15. The number of rotatable bonds is 5. The number of para-hydroxylation sites is 1. The largest absolute Gasteiger partial charge is 0.495 e. The van der Waals surface area contributed by atoms with Gasteiger partial charge in [0.05, 0.1) is 18.7 Å². The Hall–Kier alpha value is -2.75. The average Bonchev–Trinajstić information content (AvgIpc) is 2.98. The van der Waals surface area contributed by atoms with Crippen LogP contribution >= 0.6 is 0 Å². The predicted octanol–water partition coefficient (Wildman–Crippen LogP) is 3.53. The van der Waals surface area contributed by atoms with Crippen molar-refractivity contribution in [3.05, 3.63) is 66.4 Å². The van der Waals surface area contributed by atoms with Gasteiger partial charge in [0.2, 0.25) is 5.91 Å². The monoisotopic (exact) mass is 308 g/mol. The summed E-state index contributed by atoms with van der Waals surface area (Å²) in [5.41, 5.74) is 2.04. The standard InChI is InChI=1S/C19H20N2O2/c1-14(15-7-4-3-5-8-15)20-18(22)13-21-12-11-16-9-6-10-17(23-2)19(16)21/h3-12,14H,13H2,1-2H3,(H,20,22)/t14-/m1/s1. The molecule has 1 amide bonds. The molecule has 4 nitrogen and oxygen atoms in total. The number of carbonyl (C=O) groups is 1. The molecule has 0 spiro atoms. The van der Waals surface area contributed by atoms with Crippen molar-refractivity contribution in [2.45, 2.75) is 19.5 Å². The lowest BCUT2D eigenvalue weighted by atomic mass is 10.1. The molecule has 0 aliphatic carbocycles. The molecule has 0 aliphatic heterocycles. The van der Waals surface area contributed by atoms with Gasteiger partial charge in [0.15, 0.2) is 0 Å². The predicted molar refractivity (Wildman–Crippen MR) is 91.5 cm³/mol. The molecule has 1 atom stereocenters. The first kappa shape index (κ1) is 15.2. The fourth-order valence-corrected chi connectivity index (χ4v) is 2.79. The molecule has 1 aromatic heterocycles. The number of benzene rings is 2. The first-order valence-corrected chi connectivity index (χ1v) is 7.65. The molecule has 118 valence electrons. The van der Waals surface area contributed by atoms with E-state index in [-0.39, 0.29) is 18.5 Å². The molecule has 0 radical (unpaired) electrons. The Morgan fingerprint density at radius 2 is 1.91 bits per heavy atom. The SMILES string of the molecule is COc1cccc2ccn(CC(=O)N[C@H](C)c3ccccc3)c12. The number of nitrogens with zero attached hydrogens (tertiary/aromatic N) is 1. The number of nitrogens with one attached hydrogen (secondary N) is 1. The first-order valence-electron chi connectivity index (χ1n) is 7.65. The van der Waals surface area contributed by atoms with Gasteiger partial charge in [-0.3, -0.25) is 4.79 Å². The number of fused-ring (bicyclic) bond motifs is 1. The van der Waals surface area contributed by atoms with Gasteiger partial charge < -0.3 is 14.6 Å². The summed E-state index contributed by atoms with van der Waals surface area (Å²) in [5, 5.41) is 4.10. The molecular formula is C19H20N2O2. The number of amides is 1. The normalized spacial score (nSPS) is 12.1. The maximum Gasteiger partial charge on any atom is 0.240 e. The summed E-state index contributed by atoms with van der Waals surface area (Å²) in [5.74, 6) is 0.751. The molecule has 0 unspecified atom stereocenters. The second-order valence-electron chi connectivity index (χ2n) is 5.54. The van der Waals surface area contributed by atoms with Gasteiger partial charge in [0, 0.05) is 11.6 Å². The zero-order chi connectivity index (χ0) is 16.2. The van der Waals surface area contributed by atoms with Crippen LogP contribution in [0.3, 0.4) is 0 Å². The van der Waals surface area contributed by atoms with Crippen molar-refractivity contribution in [2.24, 2.45) is 0 Å². The molecule has 0 saturated carbocycles. The summed E-state index contributed by atoms with van der Waals surface area (Å²) in [6, 6.07) is 17.8. The van der Waals surface area contributed by atoms with Crippen molar-refractivity contribution in [3.8, 4) is 5.75 Å². The van der Waals surface area contributed by atoms with E-state index in [2.05, 4.69) is 5.32 Å². The number of aromatic nitrogens is 1. The van der Waals surface area contributed by atoms with E-state index < -0.39 is 0 Å². The summed E-state index contributed by atoms with van der Waals surface area (Å²) in [7, 11) is 1.64. The van der Waals surface area contributed by atoms with Crippen molar-refractivity contribution < 1.29 is 9.53 Å². The fourth-order valence-electron chi connectivity index (χ4n) is 2.79. The van der Waals surface area contributed by atoms with Crippen LogP contribution in [0.15, 0.2) is 60.8 Å². The second kappa shape index (κ2) is 6.57. The summed E-state index contributed by atoms with van der Waals surface area (Å²) in [6.45, 7) is 2.25. The molecule has 2 aromatic carbocycles. The van der Waals surface area contributed by atoms with E-state index in [1.54, 1.807) is 7.11 Å². The maximum absolute atomic E-state index is 12.4. The summed E-state index contributed by atoms with van der Waals surface area (Å²) in [6.07, 6.45) is 1.92. The smallest absolute Gasteiger partial charge is 0.240 e. The van der Waals surface area contributed by atoms with Crippen LogP contribution in [0.4, 0.5) is 0 Å². The highest BCUT2D eigenvalue weighted by Crippen LogP contribution is 2.26. The molecule has 3 aromatic rings. The minimum atomic E-state index is -0.0234. The van der Waals surface area contributed by atoms with Crippen molar-refractivity contribution >= 4 is 16.8 Å². The van der Waals surface area contributed by atoms with E-state index in [0.29, 0.717) is 0 Å². The zero-order valence-corrected chi connectivity index (χ0v) is 13.3. The van der Waals surface area contributed by atoms with E-state index in [9.17, 15) is 4.79 Å². The molecule has 4 heteroatoms. The Morgan fingerprint density at radius 1 is 1.13 bits per heavy atom. The van der Waals surface area contributed by atoms with E-state index in [0.717, 1.165) is 22.2 Å². The van der Waals surface area contributed by atoms with Crippen molar-refractivity contribution in [2.75, 3.05) is 7.11 Å².